The predicted octanol–water partition coefficient (Wildman–Crippen LogP) is 1.89. The van der Waals surface area contributed by atoms with Crippen molar-refractivity contribution in [3.63, 3.8) is 0 Å². The molecule has 2 heterocycles. The Kier molecular flexibility index (Phi) is 3.76. The first-order chi connectivity index (χ1) is 8.59. The monoisotopic (exact) mass is 264 g/mol. The third kappa shape index (κ3) is 2.59. The van der Waals surface area contributed by atoms with E-state index in [4.69, 9.17) is 0 Å². The van der Waals surface area contributed by atoms with Crippen molar-refractivity contribution in [2.45, 2.75) is 13.3 Å². The molecular weight excluding hydrogens is 248 g/mol. The van der Waals surface area contributed by atoms with Crippen LogP contribution in [0.4, 0.5) is 5.82 Å². The summed E-state index contributed by atoms with van der Waals surface area (Å²) < 4.78 is 1.05. The average Bonchev–Trinajstić information content (AvgIpc) is 2.72. The Hall–Kier alpha value is -1.69. The molecule has 0 aliphatic heterocycles. The second-order valence-electron chi connectivity index (χ2n) is 4.28. The molecule has 0 saturated carbocycles. The highest BCUT2D eigenvalue weighted by Gasteiger charge is 2.08. The number of hydrogen-bond donors (Lipinski definition) is 1. The Morgan fingerprint density at radius 1 is 1.44 bits per heavy atom. The summed E-state index contributed by atoms with van der Waals surface area (Å²) in [6, 6.07) is 0. The molecule has 0 aromatic carbocycles. The van der Waals surface area contributed by atoms with E-state index in [1.165, 1.54) is 0 Å². The predicted molar refractivity (Wildman–Crippen MR) is 74.0 cm³/mol. The number of fused-ring (bicyclic) bond motifs is 1. The van der Waals surface area contributed by atoms with Crippen molar-refractivity contribution in [1.82, 2.24) is 14.9 Å². The summed E-state index contributed by atoms with van der Waals surface area (Å²) in [5.74, 6) is 0.916. The van der Waals surface area contributed by atoms with Gasteiger partial charge in [0.1, 0.15) is 12.1 Å². The van der Waals surface area contributed by atoms with Gasteiger partial charge in [-0.3, -0.25) is 4.79 Å². The number of nitrogens with zero attached hydrogens (tertiary/aromatic N) is 3. The molecule has 1 N–H and O–H groups in total. The molecule has 0 saturated heterocycles. The normalized spacial score (nSPS) is 10.6. The first-order valence-corrected chi connectivity index (χ1v) is 6.60. The lowest BCUT2D eigenvalue weighted by Crippen LogP contribution is -2.24. The maximum absolute atomic E-state index is 11.5. The van der Waals surface area contributed by atoms with Gasteiger partial charge in [0.25, 0.3) is 0 Å². The molecule has 0 bridgehead atoms. The largest absolute Gasteiger partial charge is 0.368 e. The highest BCUT2D eigenvalue weighted by atomic mass is 32.1. The first kappa shape index (κ1) is 12.8. The van der Waals surface area contributed by atoms with Crippen LogP contribution in [0.15, 0.2) is 11.7 Å². The molecule has 1 amide bonds. The van der Waals surface area contributed by atoms with Crippen LogP contribution >= 0.6 is 11.3 Å². The van der Waals surface area contributed by atoms with Crippen LogP contribution in [0.5, 0.6) is 0 Å². The fourth-order valence-electron chi connectivity index (χ4n) is 1.61. The Bertz CT molecular complexity index is 564. The van der Waals surface area contributed by atoms with Crippen LogP contribution < -0.4 is 5.32 Å². The van der Waals surface area contributed by atoms with E-state index in [2.05, 4.69) is 20.7 Å². The molecule has 0 atom stereocenters. The van der Waals surface area contributed by atoms with Gasteiger partial charge in [0.15, 0.2) is 0 Å². The number of carbonyl (C=O) groups excluding carboxylic acids is 1. The van der Waals surface area contributed by atoms with E-state index in [1.54, 1.807) is 36.7 Å². The minimum atomic E-state index is 0.107. The molecule has 2 aromatic rings. The second kappa shape index (κ2) is 5.30. The molecule has 5 nitrogen and oxygen atoms in total. The van der Waals surface area contributed by atoms with Crippen molar-refractivity contribution in [2.75, 3.05) is 26.0 Å². The summed E-state index contributed by atoms with van der Waals surface area (Å²) in [6.07, 6.45) is 2.01. The third-order valence-electron chi connectivity index (χ3n) is 2.66. The SMILES string of the molecule is Cc1csc2c(NCCC(=O)N(C)C)ncnc12. The van der Waals surface area contributed by atoms with E-state index in [9.17, 15) is 4.79 Å². The quantitative estimate of drug-likeness (QED) is 0.916. The highest BCUT2D eigenvalue weighted by molar-refractivity contribution is 7.18. The number of rotatable bonds is 4. The zero-order valence-electron chi connectivity index (χ0n) is 10.7. The summed E-state index contributed by atoms with van der Waals surface area (Å²) in [6.45, 7) is 2.62. The van der Waals surface area contributed by atoms with Gasteiger partial charge in [-0.05, 0) is 17.9 Å². The molecule has 96 valence electrons. The fraction of sp³-hybridized carbons (Fsp3) is 0.417. The number of carbonyl (C=O) groups is 1. The maximum Gasteiger partial charge on any atom is 0.223 e. The van der Waals surface area contributed by atoms with E-state index in [1.807, 2.05) is 6.92 Å². The number of hydrogen-bond acceptors (Lipinski definition) is 5. The number of amides is 1. The smallest absolute Gasteiger partial charge is 0.223 e. The van der Waals surface area contributed by atoms with Gasteiger partial charge in [0.2, 0.25) is 5.91 Å². The molecular formula is C12H16N4OS. The van der Waals surface area contributed by atoms with Crippen LogP contribution in [0.3, 0.4) is 0 Å². The topological polar surface area (TPSA) is 58.1 Å². The number of aromatic nitrogens is 2. The van der Waals surface area contributed by atoms with Gasteiger partial charge in [0, 0.05) is 27.1 Å². The van der Waals surface area contributed by atoms with Gasteiger partial charge >= 0.3 is 0 Å². The summed E-state index contributed by atoms with van der Waals surface area (Å²) in [4.78, 5) is 21.5. The number of nitrogens with one attached hydrogen (secondary N) is 1. The highest BCUT2D eigenvalue weighted by Crippen LogP contribution is 2.28. The Morgan fingerprint density at radius 2 is 2.22 bits per heavy atom. The maximum atomic E-state index is 11.5. The van der Waals surface area contributed by atoms with E-state index >= 15 is 0 Å². The second-order valence-corrected chi connectivity index (χ2v) is 5.16. The van der Waals surface area contributed by atoms with Crippen LogP contribution in [0.1, 0.15) is 12.0 Å². The van der Waals surface area contributed by atoms with Gasteiger partial charge in [0.05, 0.1) is 10.2 Å². The average molecular weight is 264 g/mol. The lowest BCUT2D eigenvalue weighted by Gasteiger charge is -2.10. The summed E-state index contributed by atoms with van der Waals surface area (Å²) in [5.41, 5.74) is 2.14. The van der Waals surface area contributed by atoms with E-state index < -0.39 is 0 Å². The Labute approximate surface area is 110 Å². The van der Waals surface area contributed by atoms with Crippen molar-refractivity contribution >= 4 is 33.3 Å². The number of aryl methyl sites for hydroxylation is 1. The van der Waals surface area contributed by atoms with Crippen LogP contribution in [0, 0.1) is 6.92 Å². The van der Waals surface area contributed by atoms with E-state index in [0.717, 1.165) is 21.6 Å². The molecule has 0 fully saturated rings. The summed E-state index contributed by atoms with van der Waals surface area (Å²) in [7, 11) is 3.52. The summed E-state index contributed by atoms with van der Waals surface area (Å²) >= 11 is 1.62. The lowest BCUT2D eigenvalue weighted by atomic mass is 10.3. The minimum absolute atomic E-state index is 0.107. The van der Waals surface area contributed by atoms with E-state index in [0.29, 0.717) is 13.0 Å². The van der Waals surface area contributed by atoms with Crippen molar-refractivity contribution in [3.05, 3.63) is 17.3 Å². The Balaban J connectivity index is 2.06. The number of thiophene rings is 1. The lowest BCUT2D eigenvalue weighted by molar-refractivity contribution is -0.128. The third-order valence-corrected chi connectivity index (χ3v) is 3.75. The molecule has 18 heavy (non-hydrogen) atoms. The summed E-state index contributed by atoms with van der Waals surface area (Å²) in [5, 5.41) is 5.26. The zero-order chi connectivity index (χ0) is 13.1. The zero-order valence-corrected chi connectivity index (χ0v) is 11.5. The van der Waals surface area contributed by atoms with Crippen LogP contribution in [-0.2, 0) is 4.79 Å². The molecule has 0 radical (unpaired) electrons. The Morgan fingerprint density at radius 3 is 2.94 bits per heavy atom. The molecule has 0 aliphatic rings. The molecule has 2 rings (SSSR count). The number of anilines is 1. The molecule has 0 unspecified atom stereocenters. The standard InChI is InChI=1S/C12H16N4OS/c1-8-6-18-11-10(8)14-7-15-12(11)13-5-4-9(17)16(2)3/h6-7H,4-5H2,1-3H3,(H,13,14,15). The van der Waals surface area contributed by atoms with E-state index in [-0.39, 0.29) is 5.91 Å². The van der Waals surface area contributed by atoms with Gasteiger partial charge in [-0.1, -0.05) is 0 Å². The fourth-order valence-corrected chi connectivity index (χ4v) is 2.57. The van der Waals surface area contributed by atoms with Gasteiger partial charge in [-0.25, -0.2) is 9.97 Å². The molecule has 2 aromatic heterocycles. The van der Waals surface area contributed by atoms with Crippen LogP contribution in [0.2, 0.25) is 0 Å². The van der Waals surface area contributed by atoms with Gasteiger partial charge in [-0.2, -0.15) is 0 Å². The molecule has 6 heteroatoms. The van der Waals surface area contributed by atoms with Crippen molar-refractivity contribution < 1.29 is 4.79 Å². The molecule has 0 aliphatic carbocycles. The molecule has 0 spiro atoms. The first-order valence-electron chi connectivity index (χ1n) is 5.72. The minimum Gasteiger partial charge on any atom is -0.368 e. The van der Waals surface area contributed by atoms with Crippen molar-refractivity contribution in [3.8, 4) is 0 Å². The van der Waals surface area contributed by atoms with Crippen molar-refractivity contribution in [2.24, 2.45) is 0 Å². The van der Waals surface area contributed by atoms with Gasteiger partial charge < -0.3 is 10.2 Å². The van der Waals surface area contributed by atoms with Crippen LogP contribution in [-0.4, -0.2) is 41.4 Å². The van der Waals surface area contributed by atoms with Gasteiger partial charge in [-0.15, -0.1) is 11.3 Å². The van der Waals surface area contributed by atoms with Crippen molar-refractivity contribution in [1.29, 1.82) is 0 Å². The van der Waals surface area contributed by atoms with Crippen LogP contribution in [0.25, 0.3) is 10.2 Å².